The first kappa shape index (κ1) is 14.1. The minimum atomic E-state index is -0.796. The number of benzene rings is 1. The fraction of sp³-hybridized carbons (Fsp3) is 0.538. The van der Waals surface area contributed by atoms with Crippen LogP contribution in [0.15, 0.2) is 18.2 Å². The van der Waals surface area contributed by atoms with Crippen molar-refractivity contribution in [3.05, 3.63) is 35.4 Å². The molecule has 17 heavy (non-hydrogen) atoms. The van der Waals surface area contributed by atoms with Crippen molar-refractivity contribution in [1.29, 1.82) is 0 Å². The second kappa shape index (κ2) is 6.07. The van der Waals surface area contributed by atoms with E-state index in [0.29, 0.717) is 18.2 Å². The summed E-state index contributed by atoms with van der Waals surface area (Å²) >= 11 is 0. The molecule has 0 amide bonds. The van der Waals surface area contributed by atoms with E-state index in [1.807, 2.05) is 7.05 Å². The Kier molecular flexibility index (Phi) is 5.02. The van der Waals surface area contributed by atoms with Crippen molar-refractivity contribution in [2.24, 2.45) is 0 Å². The lowest BCUT2D eigenvalue weighted by atomic mass is 10.1. The molecule has 0 bridgehead atoms. The highest BCUT2D eigenvalue weighted by Gasteiger charge is 2.19. The van der Waals surface area contributed by atoms with E-state index in [-0.39, 0.29) is 6.04 Å². The predicted octanol–water partition coefficient (Wildman–Crippen LogP) is 2.57. The maximum absolute atomic E-state index is 13.7. The van der Waals surface area contributed by atoms with Crippen LogP contribution in [0.2, 0.25) is 0 Å². The summed E-state index contributed by atoms with van der Waals surface area (Å²) in [6.07, 6.45) is 0. The Bertz CT molecular complexity index is 366. The van der Waals surface area contributed by atoms with Gasteiger partial charge >= 0.3 is 0 Å². The lowest BCUT2D eigenvalue weighted by molar-refractivity contribution is 0.243. The Labute approximate surface area is 102 Å². The molecule has 0 saturated carbocycles. The molecule has 1 unspecified atom stereocenters. The van der Waals surface area contributed by atoms with Crippen molar-refractivity contribution in [3.63, 3.8) is 0 Å². The van der Waals surface area contributed by atoms with E-state index in [1.165, 1.54) is 6.07 Å². The summed E-state index contributed by atoms with van der Waals surface area (Å²) in [4.78, 5) is 2.09. The van der Waals surface area contributed by atoms with Gasteiger partial charge in [-0.15, -0.1) is 0 Å². The fourth-order valence-corrected chi connectivity index (χ4v) is 1.63. The van der Waals surface area contributed by atoms with Gasteiger partial charge in [0.1, 0.15) is 0 Å². The monoisotopic (exact) mass is 242 g/mol. The molecule has 1 aromatic rings. The van der Waals surface area contributed by atoms with Crippen LogP contribution in [0.5, 0.6) is 0 Å². The van der Waals surface area contributed by atoms with Gasteiger partial charge in [-0.3, -0.25) is 0 Å². The molecule has 0 radical (unpaired) electrons. The van der Waals surface area contributed by atoms with E-state index in [9.17, 15) is 8.78 Å². The second-order valence-corrected chi connectivity index (χ2v) is 4.52. The molecule has 0 spiro atoms. The van der Waals surface area contributed by atoms with Crippen LogP contribution < -0.4 is 5.32 Å². The third-order valence-electron chi connectivity index (χ3n) is 3.06. The average molecular weight is 242 g/mol. The first-order valence-electron chi connectivity index (χ1n) is 5.78. The minimum Gasteiger partial charge on any atom is -0.312 e. The SMILES string of the molecule is CNC(CN(C)C(C)C)c1cccc(F)c1F. The van der Waals surface area contributed by atoms with Crippen LogP contribution in [0, 0.1) is 11.6 Å². The van der Waals surface area contributed by atoms with Crippen LogP contribution in [0.25, 0.3) is 0 Å². The summed E-state index contributed by atoms with van der Waals surface area (Å²) in [7, 11) is 3.72. The largest absolute Gasteiger partial charge is 0.312 e. The van der Waals surface area contributed by atoms with E-state index in [1.54, 1.807) is 13.1 Å². The maximum atomic E-state index is 13.7. The van der Waals surface area contributed by atoms with Gasteiger partial charge in [0, 0.05) is 24.2 Å². The molecule has 0 aliphatic heterocycles. The van der Waals surface area contributed by atoms with Crippen LogP contribution in [-0.2, 0) is 0 Å². The van der Waals surface area contributed by atoms with Crippen molar-refractivity contribution in [3.8, 4) is 0 Å². The first-order valence-corrected chi connectivity index (χ1v) is 5.78. The van der Waals surface area contributed by atoms with Gasteiger partial charge in [-0.1, -0.05) is 12.1 Å². The summed E-state index contributed by atoms with van der Waals surface area (Å²) < 4.78 is 26.8. The van der Waals surface area contributed by atoms with E-state index < -0.39 is 11.6 Å². The minimum absolute atomic E-state index is 0.210. The van der Waals surface area contributed by atoms with Crippen molar-refractivity contribution in [2.45, 2.75) is 25.9 Å². The Morgan fingerprint density at radius 3 is 2.47 bits per heavy atom. The van der Waals surface area contributed by atoms with E-state index in [4.69, 9.17) is 0 Å². The molecule has 0 saturated heterocycles. The number of likely N-dealkylation sites (N-methyl/N-ethyl adjacent to an activating group) is 2. The van der Waals surface area contributed by atoms with E-state index >= 15 is 0 Å². The molecule has 1 rings (SSSR count). The highest BCUT2D eigenvalue weighted by molar-refractivity contribution is 5.22. The Hall–Kier alpha value is -1.00. The van der Waals surface area contributed by atoms with Gasteiger partial charge in [0.25, 0.3) is 0 Å². The molecule has 0 fully saturated rings. The molecule has 2 nitrogen and oxygen atoms in total. The second-order valence-electron chi connectivity index (χ2n) is 4.52. The molecule has 0 aliphatic carbocycles. The van der Waals surface area contributed by atoms with Crippen molar-refractivity contribution in [2.75, 3.05) is 20.6 Å². The molecule has 0 aliphatic rings. The molecule has 96 valence electrons. The van der Waals surface area contributed by atoms with Crippen molar-refractivity contribution < 1.29 is 8.78 Å². The number of halogens is 2. The predicted molar refractivity (Wildman–Crippen MR) is 65.9 cm³/mol. The van der Waals surface area contributed by atoms with Crippen LogP contribution >= 0.6 is 0 Å². The summed E-state index contributed by atoms with van der Waals surface area (Å²) in [5, 5.41) is 3.02. The number of hydrogen-bond acceptors (Lipinski definition) is 2. The van der Waals surface area contributed by atoms with Crippen LogP contribution in [0.4, 0.5) is 8.78 Å². The average Bonchev–Trinajstić information content (AvgIpc) is 2.29. The van der Waals surface area contributed by atoms with Gasteiger partial charge in [-0.05, 0) is 34.0 Å². The molecule has 1 aromatic carbocycles. The summed E-state index contributed by atoms with van der Waals surface area (Å²) in [6.45, 7) is 4.76. The quantitative estimate of drug-likeness (QED) is 0.853. The van der Waals surface area contributed by atoms with Gasteiger partial charge in [0.15, 0.2) is 11.6 Å². The summed E-state index contributed by atoms with van der Waals surface area (Å²) in [5.74, 6) is -1.56. The smallest absolute Gasteiger partial charge is 0.163 e. The first-order chi connectivity index (χ1) is 7.97. The zero-order valence-corrected chi connectivity index (χ0v) is 10.8. The fourth-order valence-electron chi connectivity index (χ4n) is 1.63. The Balaban J connectivity index is 2.90. The van der Waals surface area contributed by atoms with Gasteiger partial charge in [-0.25, -0.2) is 8.78 Å². The van der Waals surface area contributed by atoms with Crippen LogP contribution in [0.3, 0.4) is 0 Å². The van der Waals surface area contributed by atoms with Gasteiger partial charge in [-0.2, -0.15) is 0 Å². The van der Waals surface area contributed by atoms with Crippen molar-refractivity contribution in [1.82, 2.24) is 10.2 Å². The Morgan fingerprint density at radius 2 is 1.94 bits per heavy atom. The zero-order valence-electron chi connectivity index (χ0n) is 10.8. The number of nitrogens with zero attached hydrogens (tertiary/aromatic N) is 1. The highest BCUT2D eigenvalue weighted by atomic mass is 19.2. The zero-order chi connectivity index (χ0) is 13.0. The molecule has 0 aromatic heterocycles. The third kappa shape index (κ3) is 3.48. The standard InChI is InChI=1S/C13H20F2N2/c1-9(2)17(4)8-12(16-3)10-6-5-7-11(14)13(10)15/h5-7,9,12,16H,8H2,1-4H3. The number of hydrogen-bond donors (Lipinski definition) is 1. The topological polar surface area (TPSA) is 15.3 Å². The van der Waals surface area contributed by atoms with E-state index in [2.05, 4.69) is 24.1 Å². The highest BCUT2D eigenvalue weighted by Crippen LogP contribution is 2.20. The number of nitrogens with one attached hydrogen (secondary N) is 1. The number of rotatable bonds is 5. The van der Waals surface area contributed by atoms with Crippen molar-refractivity contribution >= 4 is 0 Å². The van der Waals surface area contributed by atoms with Crippen LogP contribution in [0.1, 0.15) is 25.5 Å². The summed E-state index contributed by atoms with van der Waals surface area (Å²) in [6, 6.07) is 4.44. The lowest BCUT2D eigenvalue weighted by Gasteiger charge is -2.27. The molecule has 0 heterocycles. The molecule has 4 heteroatoms. The molecular formula is C13H20F2N2. The van der Waals surface area contributed by atoms with Gasteiger partial charge in [0.05, 0.1) is 0 Å². The maximum Gasteiger partial charge on any atom is 0.163 e. The molecule has 1 N–H and O–H groups in total. The Morgan fingerprint density at radius 1 is 1.29 bits per heavy atom. The van der Waals surface area contributed by atoms with Crippen LogP contribution in [-0.4, -0.2) is 31.6 Å². The van der Waals surface area contributed by atoms with Gasteiger partial charge < -0.3 is 10.2 Å². The van der Waals surface area contributed by atoms with E-state index in [0.717, 1.165) is 6.07 Å². The normalized spacial score (nSPS) is 13.4. The third-order valence-corrected chi connectivity index (χ3v) is 3.06. The summed E-state index contributed by atoms with van der Waals surface area (Å²) in [5.41, 5.74) is 0.375. The lowest BCUT2D eigenvalue weighted by Crippen LogP contribution is -2.35. The van der Waals surface area contributed by atoms with Gasteiger partial charge in [0.2, 0.25) is 0 Å². The molecule has 1 atom stereocenters. The molecular weight excluding hydrogens is 222 g/mol.